The van der Waals surface area contributed by atoms with Crippen LogP contribution in [0.15, 0.2) is 46.3 Å². The summed E-state index contributed by atoms with van der Waals surface area (Å²) in [6, 6.07) is 7.23. The van der Waals surface area contributed by atoms with Crippen molar-refractivity contribution in [1.29, 1.82) is 0 Å². The van der Waals surface area contributed by atoms with Crippen LogP contribution in [-0.2, 0) is 5.75 Å². The van der Waals surface area contributed by atoms with Crippen molar-refractivity contribution in [2.24, 2.45) is 0 Å². The highest BCUT2D eigenvalue weighted by molar-refractivity contribution is 7.98. The largest absolute Gasteiger partial charge is 0.493 e. The molecule has 23 heavy (non-hydrogen) atoms. The van der Waals surface area contributed by atoms with Gasteiger partial charge in [-0.25, -0.2) is 9.97 Å². The second kappa shape index (κ2) is 7.10. The fourth-order valence-corrected chi connectivity index (χ4v) is 2.53. The molecule has 0 atom stereocenters. The first kappa shape index (κ1) is 15.3. The van der Waals surface area contributed by atoms with E-state index in [-0.39, 0.29) is 0 Å². The summed E-state index contributed by atoms with van der Waals surface area (Å²) >= 11 is 1.43. The molecule has 0 unspecified atom stereocenters. The van der Waals surface area contributed by atoms with Gasteiger partial charge in [0.1, 0.15) is 0 Å². The predicted octanol–water partition coefficient (Wildman–Crippen LogP) is 2.84. The summed E-state index contributed by atoms with van der Waals surface area (Å²) in [5.41, 5.74) is 0.790. The van der Waals surface area contributed by atoms with Gasteiger partial charge in [0.05, 0.1) is 20.0 Å². The Balaban J connectivity index is 1.74. The molecule has 0 saturated heterocycles. The summed E-state index contributed by atoms with van der Waals surface area (Å²) in [4.78, 5) is 12.6. The minimum atomic E-state index is 0.496. The van der Waals surface area contributed by atoms with Crippen LogP contribution in [0.2, 0.25) is 0 Å². The third kappa shape index (κ3) is 3.59. The molecule has 3 aromatic rings. The summed E-state index contributed by atoms with van der Waals surface area (Å²) < 4.78 is 15.8. The van der Waals surface area contributed by atoms with Gasteiger partial charge in [0.15, 0.2) is 16.7 Å². The van der Waals surface area contributed by atoms with Crippen molar-refractivity contribution in [2.75, 3.05) is 14.2 Å². The first-order valence-electron chi connectivity index (χ1n) is 6.75. The maximum atomic E-state index is 5.28. The normalized spacial score (nSPS) is 10.5. The van der Waals surface area contributed by atoms with Crippen LogP contribution < -0.4 is 9.47 Å². The van der Waals surface area contributed by atoms with Crippen molar-refractivity contribution < 1.29 is 14.0 Å². The third-order valence-electron chi connectivity index (χ3n) is 2.98. The number of hydrogen-bond acceptors (Lipinski definition) is 8. The van der Waals surface area contributed by atoms with Crippen LogP contribution in [0, 0.1) is 0 Å². The average molecular weight is 330 g/mol. The lowest BCUT2D eigenvalue weighted by Crippen LogP contribution is -1.91. The fraction of sp³-hybridized carbons (Fsp3) is 0.200. The Morgan fingerprint density at radius 1 is 1.09 bits per heavy atom. The summed E-state index contributed by atoms with van der Waals surface area (Å²) in [6.07, 6.45) is 3.39. The molecule has 118 valence electrons. The zero-order valence-electron chi connectivity index (χ0n) is 12.6. The summed E-state index contributed by atoms with van der Waals surface area (Å²) in [6.45, 7) is 0. The second-order valence-corrected chi connectivity index (χ2v) is 5.34. The standard InChI is InChI=1S/C15H14N4O3S/c1-20-11-5-4-10(8-12(11)21-2)14-18-13(22-19-14)9-23-15-16-6-3-7-17-15/h3-8H,9H2,1-2H3. The number of rotatable bonds is 6. The van der Waals surface area contributed by atoms with E-state index in [1.54, 1.807) is 44.8 Å². The summed E-state index contributed by atoms with van der Waals surface area (Å²) in [5.74, 6) is 2.77. The Morgan fingerprint density at radius 3 is 2.61 bits per heavy atom. The molecule has 0 aliphatic rings. The molecule has 0 radical (unpaired) electrons. The first-order chi connectivity index (χ1) is 11.3. The van der Waals surface area contributed by atoms with Crippen molar-refractivity contribution in [1.82, 2.24) is 20.1 Å². The number of nitrogens with zero attached hydrogens (tertiary/aromatic N) is 4. The molecule has 0 fully saturated rings. The van der Waals surface area contributed by atoms with Crippen LogP contribution in [0.1, 0.15) is 5.89 Å². The average Bonchev–Trinajstić information content (AvgIpc) is 3.09. The molecule has 0 aliphatic carbocycles. The molecular weight excluding hydrogens is 316 g/mol. The van der Waals surface area contributed by atoms with Crippen LogP contribution in [0.3, 0.4) is 0 Å². The van der Waals surface area contributed by atoms with Crippen molar-refractivity contribution in [3.05, 3.63) is 42.5 Å². The van der Waals surface area contributed by atoms with Crippen LogP contribution in [0.4, 0.5) is 0 Å². The summed E-state index contributed by atoms with van der Waals surface area (Å²) in [5, 5.41) is 4.66. The van der Waals surface area contributed by atoms with Gasteiger partial charge in [-0.15, -0.1) is 0 Å². The van der Waals surface area contributed by atoms with Crippen LogP contribution >= 0.6 is 11.8 Å². The van der Waals surface area contributed by atoms with Crippen LogP contribution in [-0.4, -0.2) is 34.3 Å². The topological polar surface area (TPSA) is 83.2 Å². The number of ether oxygens (including phenoxy) is 2. The molecular formula is C15H14N4O3S. The lowest BCUT2D eigenvalue weighted by atomic mass is 10.2. The Hall–Kier alpha value is -2.61. The highest BCUT2D eigenvalue weighted by atomic mass is 32.2. The molecule has 2 heterocycles. The molecule has 0 aliphatic heterocycles. The number of hydrogen-bond donors (Lipinski definition) is 0. The fourth-order valence-electron chi connectivity index (χ4n) is 1.89. The van der Waals surface area contributed by atoms with E-state index in [0.29, 0.717) is 34.1 Å². The third-order valence-corrected chi connectivity index (χ3v) is 3.84. The Morgan fingerprint density at radius 2 is 1.87 bits per heavy atom. The monoisotopic (exact) mass is 330 g/mol. The SMILES string of the molecule is COc1ccc(-c2noc(CSc3ncccn3)n2)cc1OC. The van der Waals surface area contributed by atoms with E-state index in [2.05, 4.69) is 20.1 Å². The van der Waals surface area contributed by atoms with Gasteiger partial charge in [0, 0.05) is 18.0 Å². The predicted molar refractivity (Wildman–Crippen MR) is 84.4 cm³/mol. The molecule has 0 amide bonds. The van der Waals surface area contributed by atoms with Crippen LogP contribution in [0.5, 0.6) is 11.5 Å². The maximum absolute atomic E-state index is 5.28. The zero-order chi connectivity index (χ0) is 16.1. The minimum Gasteiger partial charge on any atom is -0.493 e. The molecule has 8 heteroatoms. The van der Waals surface area contributed by atoms with Gasteiger partial charge in [-0.05, 0) is 24.3 Å². The number of aromatic nitrogens is 4. The van der Waals surface area contributed by atoms with E-state index in [1.165, 1.54) is 11.8 Å². The van der Waals surface area contributed by atoms with E-state index in [4.69, 9.17) is 14.0 Å². The summed E-state index contributed by atoms with van der Waals surface area (Å²) in [7, 11) is 3.17. The molecule has 7 nitrogen and oxygen atoms in total. The van der Waals surface area contributed by atoms with Crippen molar-refractivity contribution in [2.45, 2.75) is 10.9 Å². The van der Waals surface area contributed by atoms with Gasteiger partial charge < -0.3 is 14.0 Å². The van der Waals surface area contributed by atoms with E-state index in [0.717, 1.165) is 5.56 Å². The molecule has 0 saturated carbocycles. The van der Waals surface area contributed by atoms with Crippen molar-refractivity contribution in [3.63, 3.8) is 0 Å². The lowest BCUT2D eigenvalue weighted by Gasteiger charge is -2.07. The van der Waals surface area contributed by atoms with E-state index < -0.39 is 0 Å². The van der Waals surface area contributed by atoms with E-state index in [1.807, 2.05) is 6.07 Å². The number of thioether (sulfide) groups is 1. The lowest BCUT2D eigenvalue weighted by molar-refractivity contribution is 0.355. The highest BCUT2D eigenvalue weighted by Crippen LogP contribution is 2.31. The molecule has 0 bridgehead atoms. The quantitative estimate of drug-likeness (QED) is 0.504. The molecule has 3 rings (SSSR count). The van der Waals surface area contributed by atoms with Gasteiger partial charge in [0.2, 0.25) is 11.7 Å². The molecule has 2 aromatic heterocycles. The Labute approximate surface area is 137 Å². The first-order valence-corrected chi connectivity index (χ1v) is 7.73. The maximum Gasteiger partial charge on any atom is 0.237 e. The van der Waals surface area contributed by atoms with Crippen molar-refractivity contribution >= 4 is 11.8 Å². The molecule has 0 N–H and O–H groups in total. The van der Waals surface area contributed by atoms with Gasteiger partial charge in [-0.3, -0.25) is 0 Å². The van der Waals surface area contributed by atoms with E-state index >= 15 is 0 Å². The molecule has 0 spiro atoms. The zero-order valence-corrected chi connectivity index (χ0v) is 13.4. The van der Waals surface area contributed by atoms with Crippen molar-refractivity contribution in [3.8, 4) is 22.9 Å². The number of methoxy groups -OCH3 is 2. The van der Waals surface area contributed by atoms with Gasteiger partial charge >= 0.3 is 0 Å². The Bertz CT molecular complexity index is 779. The smallest absolute Gasteiger partial charge is 0.237 e. The number of benzene rings is 1. The van der Waals surface area contributed by atoms with Crippen LogP contribution in [0.25, 0.3) is 11.4 Å². The minimum absolute atomic E-state index is 0.496. The van der Waals surface area contributed by atoms with Gasteiger partial charge in [0.25, 0.3) is 0 Å². The second-order valence-electron chi connectivity index (χ2n) is 4.40. The van der Waals surface area contributed by atoms with Gasteiger partial charge in [-0.1, -0.05) is 16.9 Å². The highest BCUT2D eigenvalue weighted by Gasteiger charge is 2.12. The van der Waals surface area contributed by atoms with E-state index in [9.17, 15) is 0 Å². The molecule has 1 aromatic carbocycles. The Kier molecular flexibility index (Phi) is 4.72. The van der Waals surface area contributed by atoms with Gasteiger partial charge in [-0.2, -0.15) is 4.98 Å².